The van der Waals surface area contributed by atoms with Crippen molar-refractivity contribution in [2.45, 2.75) is 13.0 Å². The third-order valence-electron chi connectivity index (χ3n) is 4.57. The molecule has 0 saturated carbocycles. The number of H-pyrrole nitrogens is 1. The Bertz CT molecular complexity index is 932. The molecule has 1 N–H and O–H groups in total. The van der Waals surface area contributed by atoms with E-state index in [1.807, 2.05) is 18.2 Å². The summed E-state index contributed by atoms with van der Waals surface area (Å²) in [4.78, 5) is 17.7. The molecule has 1 aliphatic heterocycles. The number of ether oxygens (including phenoxy) is 1. The summed E-state index contributed by atoms with van der Waals surface area (Å²) in [7, 11) is 1.65. The van der Waals surface area contributed by atoms with E-state index in [4.69, 9.17) is 4.74 Å². The van der Waals surface area contributed by atoms with Gasteiger partial charge in [-0.05, 0) is 42.3 Å². The first kappa shape index (κ1) is 14.8. The number of aromatic nitrogens is 1. The van der Waals surface area contributed by atoms with Crippen LogP contribution in [-0.2, 0) is 13.0 Å². The Morgan fingerprint density at radius 3 is 2.88 bits per heavy atom. The highest BCUT2D eigenvalue weighted by molar-refractivity contribution is 5.95. The Balaban J connectivity index is 1.67. The highest BCUT2D eigenvalue weighted by Crippen LogP contribution is 2.30. The van der Waals surface area contributed by atoms with E-state index in [-0.39, 0.29) is 11.5 Å². The molecule has 2 aromatic carbocycles. The molecule has 5 heteroatoms. The van der Waals surface area contributed by atoms with Crippen molar-refractivity contribution >= 4 is 16.8 Å². The predicted octanol–water partition coefficient (Wildman–Crippen LogP) is 3.51. The third kappa shape index (κ3) is 2.33. The zero-order chi connectivity index (χ0) is 16.7. The normalized spacial score (nSPS) is 13.8. The van der Waals surface area contributed by atoms with Crippen LogP contribution in [0.2, 0.25) is 0 Å². The Labute approximate surface area is 138 Å². The van der Waals surface area contributed by atoms with Gasteiger partial charge in [0.05, 0.1) is 19.2 Å². The van der Waals surface area contributed by atoms with Gasteiger partial charge in [-0.25, -0.2) is 4.39 Å². The summed E-state index contributed by atoms with van der Waals surface area (Å²) < 4.78 is 19.2. The van der Waals surface area contributed by atoms with E-state index >= 15 is 0 Å². The first-order valence-electron chi connectivity index (χ1n) is 7.88. The summed E-state index contributed by atoms with van der Waals surface area (Å²) in [6.07, 6.45) is 0.739. The van der Waals surface area contributed by atoms with Crippen LogP contribution in [0.15, 0.2) is 42.5 Å². The van der Waals surface area contributed by atoms with Gasteiger partial charge in [0.25, 0.3) is 5.91 Å². The molecule has 0 radical (unpaired) electrons. The maximum atomic E-state index is 13.9. The van der Waals surface area contributed by atoms with Gasteiger partial charge in [-0.3, -0.25) is 4.79 Å². The van der Waals surface area contributed by atoms with Gasteiger partial charge in [-0.15, -0.1) is 0 Å². The van der Waals surface area contributed by atoms with Gasteiger partial charge >= 0.3 is 0 Å². The van der Waals surface area contributed by atoms with Crippen molar-refractivity contribution < 1.29 is 13.9 Å². The first-order chi connectivity index (χ1) is 11.7. The number of aromatic amines is 1. The maximum absolute atomic E-state index is 13.9. The second-order valence-corrected chi connectivity index (χ2v) is 5.95. The van der Waals surface area contributed by atoms with Gasteiger partial charge < -0.3 is 14.6 Å². The van der Waals surface area contributed by atoms with Gasteiger partial charge in [0.15, 0.2) is 0 Å². The molecule has 1 aliphatic rings. The number of hydrogen-bond donors (Lipinski definition) is 1. The van der Waals surface area contributed by atoms with Crippen molar-refractivity contribution in [3.8, 4) is 5.75 Å². The van der Waals surface area contributed by atoms with Crippen LogP contribution in [0, 0.1) is 5.82 Å². The van der Waals surface area contributed by atoms with E-state index in [0.29, 0.717) is 13.1 Å². The lowest BCUT2D eigenvalue weighted by atomic mass is 10.0. The molecule has 1 aromatic heterocycles. The molecule has 4 nitrogen and oxygen atoms in total. The molecule has 24 heavy (non-hydrogen) atoms. The number of benzene rings is 2. The lowest BCUT2D eigenvalue weighted by molar-refractivity contribution is 0.0728. The number of nitrogens with one attached hydrogen (secondary N) is 1. The molecular formula is C19H17FN2O2. The minimum Gasteiger partial charge on any atom is -0.497 e. The van der Waals surface area contributed by atoms with Crippen molar-refractivity contribution in [1.82, 2.24) is 9.88 Å². The van der Waals surface area contributed by atoms with Gasteiger partial charge in [0.1, 0.15) is 11.6 Å². The predicted molar refractivity (Wildman–Crippen MR) is 89.7 cm³/mol. The average Bonchev–Trinajstić information content (AvgIpc) is 2.98. The molecule has 0 bridgehead atoms. The van der Waals surface area contributed by atoms with Gasteiger partial charge in [-0.1, -0.05) is 12.1 Å². The van der Waals surface area contributed by atoms with Gasteiger partial charge in [0.2, 0.25) is 0 Å². The van der Waals surface area contributed by atoms with E-state index in [1.54, 1.807) is 24.1 Å². The maximum Gasteiger partial charge on any atom is 0.257 e. The number of fused-ring (bicyclic) bond motifs is 3. The quantitative estimate of drug-likeness (QED) is 0.784. The number of carbonyl (C=O) groups is 1. The molecular weight excluding hydrogens is 307 g/mol. The highest BCUT2D eigenvalue weighted by atomic mass is 19.1. The standard InChI is InChI=1S/C19H17FN2O2/c1-24-12-6-7-17-15(10-12)13-8-9-22(11-18(13)21-17)19(23)14-4-2-3-5-16(14)20/h2-7,10,21H,8-9,11H2,1H3. The number of amides is 1. The summed E-state index contributed by atoms with van der Waals surface area (Å²) in [5.41, 5.74) is 3.37. The fourth-order valence-electron chi connectivity index (χ4n) is 3.33. The lowest BCUT2D eigenvalue weighted by Crippen LogP contribution is -2.36. The second kappa shape index (κ2) is 5.67. The van der Waals surface area contributed by atoms with E-state index in [1.165, 1.54) is 17.7 Å². The third-order valence-corrected chi connectivity index (χ3v) is 4.57. The number of rotatable bonds is 2. The van der Waals surface area contributed by atoms with Crippen LogP contribution in [0.1, 0.15) is 21.6 Å². The molecule has 0 spiro atoms. The van der Waals surface area contributed by atoms with E-state index in [2.05, 4.69) is 4.98 Å². The Morgan fingerprint density at radius 2 is 2.08 bits per heavy atom. The highest BCUT2D eigenvalue weighted by Gasteiger charge is 2.26. The minimum atomic E-state index is -0.477. The van der Waals surface area contributed by atoms with Crippen LogP contribution < -0.4 is 4.74 Å². The summed E-state index contributed by atoms with van der Waals surface area (Å²) in [6.45, 7) is 1.03. The molecule has 0 atom stereocenters. The summed E-state index contributed by atoms with van der Waals surface area (Å²) >= 11 is 0. The fraction of sp³-hybridized carbons (Fsp3) is 0.211. The largest absolute Gasteiger partial charge is 0.497 e. The topological polar surface area (TPSA) is 45.3 Å². The Hall–Kier alpha value is -2.82. The zero-order valence-electron chi connectivity index (χ0n) is 13.3. The van der Waals surface area contributed by atoms with E-state index < -0.39 is 5.82 Å². The molecule has 122 valence electrons. The first-order valence-corrected chi connectivity index (χ1v) is 7.88. The molecule has 0 fully saturated rings. The Kier molecular flexibility index (Phi) is 3.49. The second-order valence-electron chi connectivity index (χ2n) is 5.95. The molecule has 1 amide bonds. The minimum absolute atomic E-state index is 0.124. The zero-order valence-corrected chi connectivity index (χ0v) is 13.3. The van der Waals surface area contributed by atoms with Gasteiger partial charge in [-0.2, -0.15) is 0 Å². The van der Waals surface area contributed by atoms with Crippen LogP contribution in [0.3, 0.4) is 0 Å². The van der Waals surface area contributed by atoms with Crippen molar-refractivity contribution in [1.29, 1.82) is 0 Å². The van der Waals surface area contributed by atoms with Crippen molar-refractivity contribution in [3.63, 3.8) is 0 Å². The molecule has 3 aromatic rings. The Morgan fingerprint density at radius 1 is 1.25 bits per heavy atom. The number of methoxy groups -OCH3 is 1. The number of carbonyl (C=O) groups excluding carboxylic acids is 1. The van der Waals surface area contributed by atoms with E-state index in [0.717, 1.165) is 28.8 Å². The van der Waals surface area contributed by atoms with Crippen LogP contribution in [0.25, 0.3) is 10.9 Å². The monoisotopic (exact) mass is 324 g/mol. The number of hydrogen-bond acceptors (Lipinski definition) is 2. The smallest absolute Gasteiger partial charge is 0.257 e. The van der Waals surface area contributed by atoms with Crippen LogP contribution in [-0.4, -0.2) is 29.4 Å². The molecule has 4 rings (SSSR count). The SMILES string of the molecule is COc1ccc2[nH]c3c(c2c1)CCN(C(=O)c1ccccc1F)C3. The van der Waals surface area contributed by atoms with Crippen molar-refractivity contribution in [2.24, 2.45) is 0 Å². The molecule has 0 unspecified atom stereocenters. The van der Waals surface area contributed by atoms with Crippen molar-refractivity contribution in [3.05, 3.63) is 65.1 Å². The van der Waals surface area contributed by atoms with Crippen LogP contribution in [0.4, 0.5) is 4.39 Å². The van der Waals surface area contributed by atoms with Crippen molar-refractivity contribution in [2.75, 3.05) is 13.7 Å². The van der Waals surface area contributed by atoms with Gasteiger partial charge in [0, 0.05) is 23.1 Å². The number of nitrogens with zero attached hydrogens (tertiary/aromatic N) is 1. The molecule has 2 heterocycles. The average molecular weight is 324 g/mol. The number of halogens is 1. The summed E-state index contributed by atoms with van der Waals surface area (Å²) in [5.74, 6) is 0.0684. The lowest BCUT2D eigenvalue weighted by Gasteiger charge is -2.27. The molecule has 0 saturated heterocycles. The van der Waals surface area contributed by atoms with Crippen LogP contribution >= 0.6 is 0 Å². The summed E-state index contributed by atoms with van der Waals surface area (Å²) in [6, 6.07) is 12.0. The molecule has 0 aliphatic carbocycles. The summed E-state index contributed by atoms with van der Waals surface area (Å²) in [5, 5.41) is 1.13. The fourth-order valence-corrected chi connectivity index (χ4v) is 3.33. The van der Waals surface area contributed by atoms with E-state index in [9.17, 15) is 9.18 Å². The van der Waals surface area contributed by atoms with Crippen LogP contribution in [0.5, 0.6) is 5.75 Å².